The molecule has 0 aliphatic rings. The lowest BCUT2D eigenvalue weighted by molar-refractivity contribution is -0.133. The molecule has 5 nitrogen and oxygen atoms in total. The van der Waals surface area contributed by atoms with Crippen LogP contribution in [0, 0.1) is 0 Å². The third-order valence-electron chi connectivity index (χ3n) is 5.12. The predicted molar refractivity (Wildman–Crippen MR) is 123 cm³/mol. The SMILES string of the molecule is COc1cccc(CN(C)CC(=O)N(Cc2ccccc2)Cc2ccccc2)c1OC. The molecule has 31 heavy (non-hydrogen) atoms. The van der Waals surface area contributed by atoms with E-state index in [0.717, 1.165) is 16.7 Å². The first-order valence-electron chi connectivity index (χ1n) is 10.3. The van der Waals surface area contributed by atoms with Crippen molar-refractivity contribution in [3.63, 3.8) is 0 Å². The van der Waals surface area contributed by atoms with Crippen LogP contribution in [0.2, 0.25) is 0 Å². The van der Waals surface area contributed by atoms with E-state index < -0.39 is 0 Å². The van der Waals surface area contributed by atoms with Crippen molar-refractivity contribution in [2.75, 3.05) is 27.8 Å². The minimum absolute atomic E-state index is 0.0806. The van der Waals surface area contributed by atoms with Gasteiger partial charge in [-0.05, 0) is 24.2 Å². The molecule has 0 spiro atoms. The Kier molecular flexibility index (Phi) is 8.07. The molecule has 0 N–H and O–H groups in total. The fourth-order valence-electron chi connectivity index (χ4n) is 3.60. The van der Waals surface area contributed by atoms with Crippen molar-refractivity contribution >= 4 is 5.91 Å². The van der Waals surface area contributed by atoms with Gasteiger partial charge in [-0.3, -0.25) is 9.69 Å². The Bertz CT molecular complexity index is 919. The van der Waals surface area contributed by atoms with Crippen LogP contribution in [0.3, 0.4) is 0 Å². The number of para-hydroxylation sites is 1. The van der Waals surface area contributed by atoms with Crippen molar-refractivity contribution in [2.45, 2.75) is 19.6 Å². The standard InChI is InChI=1S/C26H30N2O3/c1-27(19-23-15-10-16-24(30-2)26(23)31-3)20-25(29)28(17-21-11-6-4-7-12-21)18-22-13-8-5-9-14-22/h4-16H,17-20H2,1-3H3. The maximum absolute atomic E-state index is 13.3. The summed E-state index contributed by atoms with van der Waals surface area (Å²) >= 11 is 0. The molecular formula is C26H30N2O3. The highest BCUT2D eigenvalue weighted by atomic mass is 16.5. The highest BCUT2D eigenvalue weighted by Crippen LogP contribution is 2.31. The Morgan fingerprint density at radius 1 is 0.742 bits per heavy atom. The van der Waals surface area contributed by atoms with Gasteiger partial charge in [0.05, 0.1) is 20.8 Å². The molecule has 0 saturated carbocycles. The summed E-state index contributed by atoms with van der Waals surface area (Å²) in [5.74, 6) is 1.47. The van der Waals surface area contributed by atoms with Crippen LogP contribution in [0.25, 0.3) is 0 Å². The van der Waals surface area contributed by atoms with Crippen molar-refractivity contribution in [3.05, 3.63) is 95.6 Å². The first-order chi connectivity index (χ1) is 15.1. The molecule has 0 aliphatic heterocycles. The van der Waals surface area contributed by atoms with Gasteiger partial charge >= 0.3 is 0 Å². The topological polar surface area (TPSA) is 42.0 Å². The molecule has 162 valence electrons. The molecule has 0 radical (unpaired) electrons. The third-order valence-corrected chi connectivity index (χ3v) is 5.12. The van der Waals surface area contributed by atoms with Crippen LogP contribution in [0.4, 0.5) is 0 Å². The van der Waals surface area contributed by atoms with Crippen LogP contribution >= 0.6 is 0 Å². The van der Waals surface area contributed by atoms with Crippen LogP contribution < -0.4 is 9.47 Å². The number of likely N-dealkylation sites (N-methyl/N-ethyl adjacent to an activating group) is 1. The van der Waals surface area contributed by atoms with Gasteiger partial charge in [0.25, 0.3) is 0 Å². The van der Waals surface area contributed by atoms with E-state index in [9.17, 15) is 4.79 Å². The van der Waals surface area contributed by atoms with Crippen LogP contribution in [-0.2, 0) is 24.4 Å². The Labute approximate surface area is 184 Å². The third kappa shape index (κ3) is 6.33. The van der Waals surface area contributed by atoms with E-state index in [0.29, 0.717) is 37.7 Å². The summed E-state index contributed by atoms with van der Waals surface area (Å²) in [5, 5.41) is 0. The van der Waals surface area contributed by atoms with Crippen molar-refractivity contribution in [1.82, 2.24) is 9.80 Å². The number of ether oxygens (including phenoxy) is 2. The highest BCUT2D eigenvalue weighted by Gasteiger charge is 2.18. The fourth-order valence-corrected chi connectivity index (χ4v) is 3.60. The zero-order valence-electron chi connectivity index (χ0n) is 18.5. The number of carbonyl (C=O) groups excluding carboxylic acids is 1. The molecular weight excluding hydrogens is 388 g/mol. The second kappa shape index (κ2) is 11.2. The molecule has 1 amide bonds. The highest BCUT2D eigenvalue weighted by molar-refractivity contribution is 5.78. The summed E-state index contributed by atoms with van der Waals surface area (Å²) in [7, 11) is 5.20. The molecule has 0 fully saturated rings. The van der Waals surface area contributed by atoms with Gasteiger partial charge in [0.15, 0.2) is 11.5 Å². The van der Waals surface area contributed by atoms with Gasteiger partial charge in [-0.25, -0.2) is 0 Å². The summed E-state index contributed by atoms with van der Waals surface area (Å²) < 4.78 is 10.9. The van der Waals surface area contributed by atoms with E-state index in [1.54, 1.807) is 14.2 Å². The van der Waals surface area contributed by atoms with E-state index in [1.165, 1.54) is 0 Å². The normalized spacial score (nSPS) is 10.7. The smallest absolute Gasteiger partial charge is 0.237 e. The van der Waals surface area contributed by atoms with E-state index in [-0.39, 0.29) is 5.91 Å². The molecule has 3 rings (SSSR count). The zero-order valence-corrected chi connectivity index (χ0v) is 18.5. The van der Waals surface area contributed by atoms with Crippen LogP contribution in [0.15, 0.2) is 78.9 Å². The average molecular weight is 419 g/mol. The summed E-state index contributed by atoms with van der Waals surface area (Å²) in [5.41, 5.74) is 3.21. The number of benzene rings is 3. The van der Waals surface area contributed by atoms with Crippen LogP contribution in [0.1, 0.15) is 16.7 Å². The maximum Gasteiger partial charge on any atom is 0.237 e. The van der Waals surface area contributed by atoms with Gasteiger partial charge in [-0.15, -0.1) is 0 Å². The van der Waals surface area contributed by atoms with Gasteiger partial charge in [-0.1, -0.05) is 72.8 Å². The molecule has 0 saturated heterocycles. The Morgan fingerprint density at radius 3 is 1.84 bits per heavy atom. The first kappa shape index (κ1) is 22.4. The summed E-state index contributed by atoms with van der Waals surface area (Å²) in [6, 6.07) is 26.0. The largest absolute Gasteiger partial charge is 0.493 e. The van der Waals surface area contributed by atoms with Gasteiger partial charge in [-0.2, -0.15) is 0 Å². The van der Waals surface area contributed by atoms with E-state index in [1.807, 2.05) is 71.4 Å². The lowest BCUT2D eigenvalue weighted by Gasteiger charge is -2.26. The molecule has 3 aromatic rings. The molecule has 0 heterocycles. The monoisotopic (exact) mass is 418 g/mol. The van der Waals surface area contributed by atoms with Crippen LogP contribution in [-0.4, -0.2) is 43.5 Å². The summed E-state index contributed by atoms with van der Waals surface area (Å²) in [6.07, 6.45) is 0. The number of methoxy groups -OCH3 is 2. The van der Waals surface area contributed by atoms with Crippen LogP contribution in [0.5, 0.6) is 11.5 Å². The Morgan fingerprint density at radius 2 is 1.32 bits per heavy atom. The predicted octanol–water partition coefficient (Wildman–Crippen LogP) is 4.36. The summed E-state index contributed by atoms with van der Waals surface area (Å²) in [6.45, 7) is 2.03. The lowest BCUT2D eigenvalue weighted by atomic mass is 10.1. The van der Waals surface area contributed by atoms with Crippen molar-refractivity contribution in [2.24, 2.45) is 0 Å². The van der Waals surface area contributed by atoms with Gasteiger partial charge in [0.2, 0.25) is 5.91 Å². The molecule has 0 unspecified atom stereocenters. The van der Waals surface area contributed by atoms with Crippen molar-refractivity contribution in [1.29, 1.82) is 0 Å². The Hall–Kier alpha value is -3.31. The molecule has 0 bridgehead atoms. The average Bonchev–Trinajstić information content (AvgIpc) is 2.79. The quantitative estimate of drug-likeness (QED) is 0.491. The second-order valence-electron chi connectivity index (χ2n) is 7.55. The number of carbonyl (C=O) groups is 1. The lowest BCUT2D eigenvalue weighted by Crippen LogP contribution is -2.38. The van der Waals surface area contributed by atoms with Gasteiger partial charge in [0, 0.05) is 25.2 Å². The fraction of sp³-hybridized carbons (Fsp3) is 0.269. The van der Waals surface area contributed by atoms with E-state index >= 15 is 0 Å². The molecule has 0 aromatic heterocycles. The first-order valence-corrected chi connectivity index (χ1v) is 10.3. The van der Waals surface area contributed by atoms with E-state index in [2.05, 4.69) is 24.3 Å². The molecule has 0 atom stereocenters. The minimum Gasteiger partial charge on any atom is -0.493 e. The van der Waals surface area contributed by atoms with Gasteiger partial charge in [0.1, 0.15) is 0 Å². The molecule has 3 aromatic carbocycles. The Balaban J connectivity index is 1.72. The number of hydrogen-bond donors (Lipinski definition) is 0. The van der Waals surface area contributed by atoms with E-state index in [4.69, 9.17) is 9.47 Å². The number of hydrogen-bond acceptors (Lipinski definition) is 4. The molecule has 0 aliphatic carbocycles. The number of rotatable bonds is 10. The second-order valence-corrected chi connectivity index (χ2v) is 7.55. The van der Waals surface area contributed by atoms with Crippen molar-refractivity contribution in [3.8, 4) is 11.5 Å². The minimum atomic E-state index is 0.0806. The summed E-state index contributed by atoms with van der Waals surface area (Å²) in [4.78, 5) is 17.2. The van der Waals surface area contributed by atoms with Gasteiger partial charge < -0.3 is 14.4 Å². The molecule has 5 heteroatoms. The zero-order chi connectivity index (χ0) is 22.1. The number of nitrogens with zero attached hydrogens (tertiary/aromatic N) is 2. The number of amides is 1. The maximum atomic E-state index is 13.3. The van der Waals surface area contributed by atoms with Crippen molar-refractivity contribution < 1.29 is 14.3 Å².